The molecule has 7 nitrogen and oxygen atoms in total. The summed E-state index contributed by atoms with van der Waals surface area (Å²) in [6.45, 7) is 10.0. The predicted octanol–water partition coefficient (Wildman–Crippen LogP) is 0.699. The van der Waals surface area contributed by atoms with Crippen molar-refractivity contribution in [2.75, 3.05) is 33.7 Å². The van der Waals surface area contributed by atoms with Crippen molar-refractivity contribution >= 4 is 11.9 Å². The van der Waals surface area contributed by atoms with Crippen LogP contribution in [0.25, 0.3) is 0 Å². The highest BCUT2D eigenvalue weighted by molar-refractivity contribution is 5.84. The number of amides is 1. The van der Waals surface area contributed by atoms with E-state index < -0.39 is 0 Å². The zero-order chi connectivity index (χ0) is 17.2. The van der Waals surface area contributed by atoms with Crippen molar-refractivity contribution in [3.63, 3.8) is 0 Å². The fraction of sp³-hybridized carbons (Fsp3) is 0.562. The molecule has 0 aliphatic rings. The van der Waals surface area contributed by atoms with Crippen molar-refractivity contribution < 1.29 is 4.79 Å². The second-order valence-electron chi connectivity index (χ2n) is 5.55. The first-order chi connectivity index (χ1) is 10.9. The van der Waals surface area contributed by atoms with Gasteiger partial charge in [-0.25, -0.2) is 4.99 Å². The van der Waals surface area contributed by atoms with Gasteiger partial charge in [-0.1, -0.05) is 6.08 Å². The Morgan fingerprint density at radius 2 is 2.17 bits per heavy atom. The van der Waals surface area contributed by atoms with Crippen molar-refractivity contribution in [3.05, 3.63) is 30.1 Å². The Morgan fingerprint density at radius 3 is 2.74 bits per heavy atom. The van der Waals surface area contributed by atoms with Crippen LogP contribution in [0.1, 0.15) is 17.8 Å². The van der Waals surface area contributed by atoms with Gasteiger partial charge in [0.25, 0.3) is 0 Å². The van der Waals surface area contributed by atoms with E-state index in [-0.39, 0.29) is 12.5 Å². The molecule has 1 amide bonds. The zero-order valence-electron chi connectivity index (χ0n) is 14.6. The molecule has 0 radical (unpaired) electrons. The summed E-state index contributed by atoms with van der Waals surface area (Å²) in [5, 5.41) is 10.8. The molecule has 0 saturated carbocycles. The molecule has 0 aromatic carbocycles. The summed E-state index contributed by atoms with van der Waals surface area (Å²) >= 11 is 0. The van der Waals surface area contributed by atoms with Gasteiger partial charge in [-0.3, -0.25) is 9.48 Å². The van der Waals surface area contributed by atoms with E-state index in [4.69, 9.17) is 0 Å². The van der Waals surface area contributed by atoms with Crippen LogP contribution in [-0.2, 0) is 11.3 Å². The average molecular weight is 320 g/mol. The highest BCUT2D eigenvalue weighted by Crippen LogP contribution is 2.02. The van der Waals surface area contributed by atoms with Gasteiger partial charge in [-0.05, 0) is 26.3 Å². The third-order valence-corrected chi connectivity index (χ3v) is 3.23. The number of aromatic nitrogens is 2. The quantitative estimate of drug-likeness (QED) is 0.320. The Balaban J connectivity index is 2.44. The molecule has 1 rings (SSSR count). The van der Waals surface area contributed by atoms with E-state index in [9.17, 15) is 4.79 Å². The van der Waals surface area contributed by atoms with Gasteiger partial charge in [0, 0.05) is 39.4 Å². The normalized spacial score (nSPS) is 11.2. The monoisotopic (exact) mass is 320 g/mol. The van der Waals surface area contributed by atoms with Crippen LogP contribution < -0.4 is 10.6 Å². The van der Waals surface area contributed by atoms with Gasteiger partial charge in [-0.2, -0.15) is 5.10 Å². The molecule has 0 atom stereocenters. The van der Waals surface area contributed by atoms with E-state index >= 15 is 0 Å². The standard InChI is InChI=1S/C16H28N6O/c1-6-8-17-16(19-12-15(23)21(4)5)18-9-7-10-22-14(3)11-13(2)20-22/h6,11H,1,7-10,12H2,2-5H3,(H2,17,18,19). The number of carbonyl (C=O) groups is 1. The number of aryl methyl sites for hydroxylation is 3. The van der Waals surface area contributed by atoms with Crippen LogP contribution in [0.5, 0.6) is 0 Å². The Labute approximate surface area is 138 Å². The molecule has 0 unspecified atom stereocenters. The lowest BCUT2D eigenvalue weighted by Gasteiger charge is -2.13. The van der Waals surface area contributed by atoms with Crippen LogP contribution in [0.4, 0.5) is 0 Å². The maximum Gasteiger partial charge on any atom is 0.243 e. The molecule has 128 valence electrons. The number of likely N-dealkylation sites (N-methyl/N-ethyl adjacent to an activating group) is 1. The van der Waals surface area contributed by atoms with E-state index in [2.05, 4.69) is 40.3 Å². The largest absolute Gasteiger partial charge is 0.356 e. The van der Waals surface area contributed by atoms with Crippen molar-refractivity contribution in [3.8, 4) is 0 Å². The first kappa shape index (κ1) is 18.7. The van der Waals surface area contributed by atoms with Crippen LogP contribution in [-0.4, -0.2) is 60.3 Å². The van der Waals surface area contributed by atoms with Crippen LogP contribution in [0, 0.1) is 13.8 Å². The summed E-state index contributed by atoms with van der Waals surface area (Å²) in [7, 11) is 3.44. The molecule has 0 saturated heterocycles. The van der Waals surface area contributed by atoms with Crippen LogP contribution in [0.2, 0.25) is 0 Å². The summed E-state index contributed by atoms with van der Waals surface area (Å²) in [5.41, 5.74) is 2.20. The summed E-state index contributed by atoms with van der Waals surface area (Å²) in [6, 6.07) is 2.07. The smallest absolute Gasteiger partial charge is 0.243 e. The molecule has 0 bridgehead atoms. The minimum atomic E-state index is -0.0349. The number of guanidine groups is 1. The molecule has 0 aliphatic heterocycles. The van der Waals surface area contributed by atoms with Gasteiger partial charge in [0.05, 0.1) is 5.69 Å². The van der Waals surface area contributed by atoms with Crippen molar-refractivity contribution in [2.45, 2.75) is 26.8 Å². The van der Waals surface area contributed by atoms with E-state index in [1.165, 1.54) is 4.90 Å². The fourth-order valence-corrected chi connectivity index (χ4v) is 1.97. The SMILES string of the molecule is C=CCNC(=NCC(=O)N(C)C)NCCCn1nc(C)cc1C. The van der Waals surface area contributed by atoms with Crippen molar-refractivity contribution in [1.82, 2.24) is 25.3 Å². The first-order valence-electron chi connectivity index (χ1n) is 7.78. The zero-order valence-corrected chi connectivity index (χ0v) is 14.6. The summed E-state index contributed by atoms with van der Waals surface area (Å²) in [4.78, 5) is 17.4. The van der Waals surface area contributed by atoms with Gasteiger partial charge < -0.3 is 15.5 Å². The van der Waals surface area contributed by atoms with Crippen LogP contribution in [0.15, 0.2) is 23.7 Å². The molecule has 23 heavy (non-hydrogen) atoms. The number of nitrogens with one attached hydrogen (secondary N) is 2. The van der Waals surface area contributed by atoms with Gasteiger partial charge in [-0.15, -0.1) is 6.58 Å². The predicted molar refractivity (Wildman–Crippen MR) is 93.5 cm³/mol. The molecule has 7 heteroatoms. The Morgan fingerprint density at radius 1 is 1.43 bits per heavy atom. The Hall–Kier alpha value is -2.31. The van der Waals surface area contributed by atoms with Gasteiger partial charge in [0.1, 0.15) is 6.54 Å². The topological polar surface area (TPSA) is 74.6 Å². The van der Waals surface area contributed by atoms with Gasteiger partial charge >= 0.3 is 0 Å². The molecule has 1 aromatic heterocycles. The summed E-state index contributed by atoms with van der Waals surface area (Å²) in [6.07, 6.45) is 2.67. The second kappa shape index (κ2) is 9.66. The molecular weight excluding hydrogens is 292 g/mol. The number of carbonyl (C=O) groups excluding carboxylic acids is 1. The number of nitrogens with zero attached hydrogens (tertiary/aromatic N) is 4. The van der Waals surface area contributed by atoms with Gasteiger partial charge in [0.15, 0.2) is 5.96 Å². The minimum Gasteiger partial charge on any atom is -0.356 e. The first-order valence-corrected chi connectivity index (χ1v) is 7.78. The highest BCUT2D eigenvalue weighted by atomic mass is 16.2. The average Bonchev–Trinajstić information content (AvgIpc) is 2.82. The lowest BCUT2D eigenvalue weighted by atomic mass is 10.4. The molecular formula is C16H28N6O. The number of rotatable bonds is 8. The van der Waals surface area contributed by atoms with E-state index in [1.54, 1.807) is 20.2 Å². The van der Waals surface area contributed by atoms with E-state index in [1.807, 2.05) is 11.6 Å². The molecule has 0 spiro atoms. The Bertz CT molecular complexity index is 547. The highest BCUT2D eigenvalue weighted by Gasteiger charge is 2.04. The van der Waals surface area contributed by atoms with Gasteiger partial charge in [0.2, 0.25) is 5.91 Å². The number of aliphatic imine (C=N–C) groups is 1. The third-order valence-electron chi connectivity index (χ3n) is 3.23. The lowest BCUT2D eigenvalue weighted by molar-refractivity contribution is -0.127. The minimum absolute atomic E-state index is 0.0349. The van der Waals surface area contributed by atoms with Crippen molar-refractivity contribution in [1.29, 1.82) is 0 Å². The molecule has 0 fully saturated rings. The molecule has 1 heterocycles. The Kier molecular flexibility index (Phi) is 7.87. The number of hydrogen-bond acceptors (Lipinski definition) is 3. The lowest BCUT2D eigenvalue weighted by Crippen LogP contribution is -2.39. The maximum atomic E-state index is 11.6. The van der Waals surface area contributed by atoms with Crippen LogP contribution in [0.3, 0.4) is 0 Å². The number of hydrogen-bond donors (Lipinski definition) is 2. The molecule has 0 aliphatic carbocycles. The van der Waals surface area contributed by atoms with Crippen molar-refractivity contribution in [2.24, 2.45) is 4.99 Å². The third kappa shape index (κ3) is 6.99. The maximum absolute atomic E-state index is 11.6. The van der Waals surface area contributed by atoms with E-state index in [0.29, 0.717) is 12.5 Å². The second-order valence-corrected chi connectivity index (χ2v) is 5.55. The summed E-state index contributed by atoms with van der Waals surface area (Å²) in [5.74, 6) is 0.584. The fourth-order valence-electron chi connectivity index (χ4n) is 1.97. The van der Waals surface area contributed by atoms with Crippen LogP contribution >= 0.6 is 0 Å². The van der Waals surface area contributed by atoms with E-state index in [0.717, 1.165) is 30.9 Å². The molecule has 1 aromatic rings. The molecule has 2 N–H and O–H groups in total. The summed E-state index contributed by atoms with van der Waals surface area (Å²) < 4.78 is 2.00.